The molecule has 0 radical (unpaired) electrons. The maximum absolute atomic E-state index is 11.8. The second-order valence-electron chi connectivity index (χ2n) is 7.47. The van der Waals surface area contributed by atoms with Crippen molar-refractivity contribution in [2.24, 2.45) is 5.92 Å². The van der Waals surface area contributed by atoms with Crippen LogP contribution in [0.25, 0.3) is 0 Å². The number of fused-ring (bicyclic) bond motifs is 4. The minimum atomic E-state index is 0.224. The van der Waals surface area contributed by atoms with Crippen molar-refractivity contribution in [3.63, 3.8) is 0 Å². The Bertz CT molecular complexity index is 710. The molecule has 132 valence electrons. The molecule has 0 spiro atoms. The first-order valence-electron chi connectivity index (χ1n) is 9.22. The zero-order chi connectivity index (χ0) is 17.2. The fourth-order valence-electron chi connectivity index (χ4n) is 4.20. The van der Waals surface area contributed by atoms with Crippen LogP contribution in [0.4, 0.5) is 0 Å². The molecule has 5 heteroatoms. The summed E-state index contributed by atoms with van der Waals surface area (Å²) >= 11 is 0. The van der Waals surface area contributed by atoms with Crippen molar-refractivity contribution in [3.8, 4) is 0 Å². The first-order valence-corrected chi connectivity index (χ1v) is 9.22. The van der Waals surface area contributed by atoms with Crippen LogP contribution in [0.1, 0.15) is 30.9 Å². The molecule has 1 aromatic heterocycles. The molecule has 3 saturated heterocycles. The molecule has 25 heavy (non-hydrogen) atoms. The van der Waals surface area contributed by atoms with Gasteiger partial charge in [-0.3, -0.25) is 14.4 Å². The largest absolute Gasteiger partial charge is 0.341 e. The summed E-state index contributed by atoms with van der Waals surface area (Å²) in [6, 6.07) is 11.3. The molecule has 0 saturated carbocycles. The second-order valence-corrected chi connectivity index (χ2v) is 7.47. The Balaban J connectivity index is 1.41. The number of nitrogens with zero attached hydrogens (tertiary/aromatic N) is 4. The van der Waals surface area contributed by atoms with Gasteiger partial charge in [0.05, 0.1) is 6.54 Å². The van der Waals surface area contributed by atoms with Crippen LogP contribution in [0.5, 0.6) is 0 Å². The number of amides is 1. The molecule has 1 amide bonds. The minimum absolute atomic E-state index is 0.224. The van der Waals surface area contributed by atoms with E-state index in [0.29, 0.717) is 12.0 Å². The lowest BCUT2D eigenvalue weighted by molar-refractivity contribution is -0.129. The van der Waals surface area contributed by atoms with E-state index in [-0.39, 0.29) is 5.91 Å². The maximum atomic E-state index is 11.8. The summed E-state index contributed by atoms with van der Waals surface area (Å²) in [5.41, 5.74) is 2.62. The van der Waals surface area contributed by atoms with Gasteiger partial charge in [0.25, 0.3) is 0 Å². The molecule has 2 bridgehead atoms. The van der Waals surface area contributed by atoms with E-state index in [1.54, 1.807) is 6.92 Å². The van der Waals surface area contributed by atoms with Crippen molar-refractivity contribution < 1.29 is 4.79 Å². The SMILES string of the molecule is CC(=O)N1C[C@H]2CC[C@@H](C1)N(Cc1ccc(Cn3cccn3)cc1)C2. The average molecular weight is 338 g/mol. The van der Waals surface area contributed by atoms with Gasteiger partial charge in [0.2, 0.25) is 5.91 Å². The summed E-state index contributed by atoms with van der Waals surface area (Å²) in [7, 11) is 0. The number of hydrogen-bond acceptors (Lipinski definition) is 3. The molecule has 3 aliphatic rings. The summed E-state index contributed by atoms with van der Waals surface area (Å²) in [4.78, 5) is 16.4. The van der Waals surface area contributed by atoms with Gasteiger partial charge in [0.15, 0.2) is 0 Å². The summed E-state index contributed by atoms with van der Waals surface area (Å²) in [5.74, 6) is 0.850. The molecule has 4 heterocycles. The van der Waals surface area contributed by atoms with Crippen LogP contribution in [-0.4, -0.2) is 51.2 Å². The van der Waals surface area contributed by atoms with E-state index < -0.39 is 0 Å². The predicted molar refractivity (Wildman–Crippen MR) is 96.9 cm³/mol. The van der Waals surface area contributed by atoms with Crippen molar-refractivity contribution in [2.75, 3.05) is 19.6 Å². The first-order chi connectivity index (χ1) is 12.2. The van der Waals surface area contributed by atoms with Crippen molar-refractivity contribution in [1.82, 2.24) is 19.6 Å². The lowest BCUT2D eigenvalue weighted by Gasteiger charge is -2.36. The number of piperidine rings is 1. The minimum Gasteiger partial charge on any atom is -0.341 e. The Morgan fingerprint density at radius 1 is 1.08 bits per heavy atom. The molecule has 0 unspecified atom stereocenters. The molecular weight excluding hydrogens is 312 g/mol. The smallest absolute Gasteiger partial charge is 0.219 e. The fraction of sp³-hybridized carbons (Fsp3) is 0.500. The van der Waals surface area contributed by atoms with Crippen LogP contribution >= 0.6 is 0 Å². The molecule has 2 atom stereocenters. The normalized spacial score (nSPS) is 23.6. The lowest BCUT2D eigenvalue weighted by atomic mass is 9.94. The molecule has 3 fully saturated rings. The van der Waals surface area contributed by atoms with Gasteiger partial charge >= 0.3 is 0 Å². The molecular formula is C20H26N4O. The summed E-state index contributed by atoms with van der Waals surface area (Å²) in [5, 5.41) is 4.26. The van der Waals surface area contributed by atoms with Gasteiger partial charge in [-0.15, -0.1) is 0 Å². The van der Waals surface area contributed by atoms with E-state index in [2.05, 4.69) is 39.2 Å². The Hall–Kier alpha value is -2.14. The average Bonchev–Trinajstić information content (AvgIpc) is 2.94. The zero-order valence-electron chi connectivity index (χ0n) is 14.8. The van der Waals surface area contributed by atoms with Crippen molar-refractivity contribution >= 4 is 5.91 Å². The van der Waals surface area contributed by atoms with E-state index in [4.69, 9.17) is 0 Å². The van der Waals surface area contributed by atoms with Crippen LogP contribution in [0.3, 0.4) is 0 Å². The Morgan fingerprint density at radius 2 is 1.84 bits per heavy atom. The third kappa shape index (κ3) is 3.76. The number of carbonyl (C=O) groups is 1. The quantitative estimate of drug-likeness (QED) is 0.859. The van der Waals surface area contributed by atoms with Gasteiger partial charge in [-0.2, -0.15) is 5.10 Å². The third-order valence-electron chi connectivity index (χ3n) is 5.58. The molecule has 0 aliphatic carbocycles. The Kier molecular flexibility index (Phi) is 4.57. The van der Waals surface area contributed by atoms with Gasteiger partial charge in [-0.05, 0) is 36.0 Å². The fourth-order valence-corrected chi connectivity index (χ4v) is 4.20. The van der Waals surface area contributed by atoms with E-state index in [0.717, 1.165) is 32.7 Å². The molecule has 5 rings (SSSR count). The van der Waals surface area contributed by atoms with Gasteiger partial charge in [-0.1, -0.05) is 24.3 Å². The lowest BCUT2D eigenvalue weighted by Crippen LogP contribution is -2.43. The monoisotopic (exact) mass is 338 g/mol. The number of carbonyl (C=O) groups excluding carboxylic acids is 1. The van der Waals surface area contributed by atoms with Crippen molar-refractivity contribution in [3.05, 3.63) is 53.9 Å². The van der Waals surface area contributed by atoms with Crippen LogP contribution < -0.4 is 0 Å². The van der Waals surface area contributed by atoms with Crippen LogP contribution in [0.15, 0.2) is 42.7 Å². The molecule has 1 aromatic carbocycles. The van der Waals surface area contributed by atoms with Gasteiger partial charge in [0, 0.05) is 51.5 Å². The zero-order valence-corrected chi connectivity index (χ0v) is 14.8. The Morgan fingerprint density at radius 3 is 2.52 bits per heavy atom. The van der Waals surface area contributed by atoms with Gasteiger partial charge < -0.3 is 4.90 Å². The topological polar surface area (TPSA) is 41.4 Å². The van der Waals surface area contributed by atoms with E-state index >= 15 is 0 Å². The number of aromatic nitrogens is 2. The highest BCUT2D eigenvalue weighted by Crippen LogP contribution is 2.29. The van der Waals surface area contributed by atoms with Crippen molar-refractivity contribution in [2.45, 2.75) is 38.9 Å². The number of rotatable bonds is 4. The summed E-state index contributed by atoms with van der Waals surface area (Å²) < 4.78 is 1.94. The van der Waals surface area contributed by atoms with Crippen LogP contribution in [-0.2, 0) is 17.9 Å². The van der Waals surface area contributed by atoms with Crippen molar-refractivity contribution in [1.29, 1.82) is 0 Å². The molecule has 5 nitrogen and oxygen atoms in total. The van der Waals surface area contributed by atoms with Gasteiger partial charge in [0.1, 0.15) is 0 Å². The van der Waals surface area contributed by atoms with Crippen LogP contribution in [0, 0.1) is 5.92 Å². The maximum Gasteiger partial charge on any atom is 0.219 e. The third-order valence-corrected chi connectivity index (χ3v) is 5.58. The van der Waals surface area contributed by atoms with Gasteiger partial charge in [-0.25, -0.2) is 0 Å². The Labute approximate surface area is 149 Å². The highest BCUT2D eigenvalue weighted by atomic mass is 16.2. The predicted octanol–water partition coefficient (Wildman–Crippen LogP) is 2.37. The van der Waals surface area contributed by atoms with E-state index in [1.165, 1.54) is 24.0 Å². The highest BCUT2D eigenvalue weighted by Gasteiger charge is 2.35. The van der Waals surface area contributed by atoms with E-state index in [1.807, 2.05) is 23.1 Å². The number of hydrogen-bond donors (Lipinski definition) is 0. The standard InChI is InChI=1S/C20H26N4O/c1-16(25)22-12-19-7-8-20(15-22)23(13-19)11-17-3-5-18(6-4-17)14-24-10-2-9-21-24/h2-6,9-10,19-20H,7-8,11-15H2,1H3/t19-,20+/m1/s1. The molecule has 2 aromatic rings. The highest BCUT2D eigenvalue weighted by molar-refractivity contribution is 5.73. The molecule has 0 N–H and O–H groups in total. The number of benzene rings is 1. The second kappa shape index (κ2) is 7.00. The summed E-state index contributed by atoms with van der Waals surface area (Å²) in [6.45, 7) is 6.44. The van der Waals surface area contributed by atoms with Crippen LogP contribution in [0.2, 0.25) is 0 Å². The first kappa shape index (κ1) is 16.3. The van der Waals surface area contributed by atoms with E-state index in [9.17, 15) is 4.79 Å². The molecule has 3 aliphatic heterocycles. The summed E-state index contributed by atoms with van der Waals surface area (Å²) in [6.07, 6.45) is 6.27.